The fourth-order valence-electron chi connectivity index (χ4n) is 2.47. The molecule has 1 atom stereocenters. The highest BCUT2D eigenvalue weighted by atomic mass is 18.2. The third-order valence-corrected chi connectivity index (χ3v) is 3.65. The van der Waals surface area contributed by atoms with E-state index in [2.05, 4.69) is 17.4 Å². The van der Waals surface area contributed by atoms with Crippen LogP contribution >= 0.6 is 0 Å². The quantitative estimate of drug-likeness (QED) is 0.744. The van der Waals surface area contributed by atoms with Crippen LogP contribution in [0.25, 0.3) is 0 Å². The minimum absolute atomic E-state index is 0.000163. The SMILES string of the molecule is CNCC[C@@H](Oc1ccccc1CCC[18F])c1ccccc1. The maximum Gasteiger partial charge on any atom is 0.125 e. The average molecular weight is 300 g/mol. The Morgan fingerprint density at radius 2 is 1.77 bits per heavy atom. The van der Waals surface area contributed by atoms with Crippen LogP contribution in [0.3, 0.4) is 0 Å². The molecule has 3 heteroatoms. The summed E-state index contributed by atoms with van der Waals surface area (Å²) in [5.41, 5.74) is 2.24. The number of halogens is 1. The van der Waals surface area contributed by atoms with Crippen LogP contribution < -0.4 is 10.1 Å². The van der Waals surface area contributed by atoms with Crippen LogP contribution in [-0.2, 0) is 6.42 Å². The van der Waals surface area contributed by atoms with E-state index in [1.54, 1.807) is 0 Å². The molecular formula is C19H24FNO. The predicted octanol–water partition coefficient (Wildman–Crippen LogP) is 4.32. The monoisotopic (exact) mass is 300 g/mol. The fraction of sp³-hybridized carbons (Fsp3) is 0.368. The minimum Gasteiger partial charge on any atom is -0.485 e. The van der Waals surface area contributed by atoms with Gasteiger partial charge in [0.1, 0.15) is 11.9 Å². The van der Waals surface area contributed by atoms with E-state index in [9.17, 15) is 4.39 Å². The first kappa shape index (κ1) is 16.5. The highest BCUT2D eigenvalue weighted by Crippen LogP contribution is 2.28. The molecule has 0 radical (unpaired) electrons. The van der Waals surface area contributed by atoms with E-state index in [1.165, 1.54) is 0 Å². The molecule has 0 saturated heterocycles. The number of hydrogen-bond acceptors (Lipinski definition) is 2. The summed E-state index contributed by atoms with van der Waals surface area (Å²) >= 11 is 0. The third-order valence-electron chi connectivity index (χ3n) is 3.65. The summed E-state index contributed by atoms with van der Waals surface area (Å²) in [5.74, 6) is 0.862. The van der Waals surface area contributed by atoms with Crippen LogP contribution in [0.1, 0.15) is 30.1 Å². The zero-order valence-corrected chi connectivity index (χ0v) is 13.1. The van der Waals surface area contributed by atoms with Gasteiger partial charge < -0.3 is 10.1 Å². The molecule has 2 aromatic carbocycles. The van der Waals surface area contributed by atoms with Gasteiger partial charge in [0.2, 0.25) is 0 Å². The van der Waals surface area contributed by atoms with Gasteiger partial charge in [-0.3, -0.25) is 4.39 Å². The van der Waals surface area contributed by atoms with Crippen molar-refractivity contribution in [1.82, 2.24) is 5.32 Å². The zero-order chi connectivity index (χ0) is 15.6. The predicted molar refractivity (Wildman–Crippen MR) is 89.1 cm³/mol. The van der Waals surface area contributed by atoms with Crippen LogP contribution in [0.4, 0.5) is 4.39 Å². The average Bonchev–Trinajstić information content (AvgIpc) is 2.58. The Balaban J connectivity index is 2.16. The van der Waals surface area contributed by atoms with Crippen LogP contribution in [-0.4, -0.2) is 20.3 Å². The van der Waals surface area contributed by atoms with Crippen molar-refractivity contribution in [3.05, 3.63) is 65.7 Å². The molecule has 1 N–H and O–H groups in total. The summed E-state index contributed by atoms with van der Waals surface area (Å²) in [6.45, 7) is 0.586. The highest BCUT2D eigenvalue weighted by molar-refractivity contribution is 5.34. The number of para-hydroxylation sites is 1. The molecule has 0 spiro atoms. The number of rotatable bonds is 9. The number of alkyl halides is 1. The molecule has 2 aromatic rings. The van der Waals surface area contributed by atoms with Crippen LogP contribution in [0.5, 0.6) is 5.75 Å². The van der Waals surface area contributed by atoms with Gasteiger partial charge in [0.15, 0.2) is 0 Å². The Morgan fingerprint density at radius 1 is 1.05 bits per heavy atom. The summed E-state index contributed by atoms with van der Waals surface area (Å²) < 4.78 is 18.7. The second kappa shape index (κ2) is 9.21. The zero-order valence-electron chi connectivity index (χ0n) is 13.1. The molecule has 0 fully saturated rings. The molecule has 0 aliphatic rings. The molecule has 0 amide bonds. The van der Waals surface area contributed by atoms with E-state index in [0.717, 1.165) is 29.8 Å². The van der Waals surface area contributed by atoms with Gasteiger partial charge in [-0.1, -0.05) is 48.5 Å². The minimum atomic E-state index is -0.295. The van der Waals surface area contributed by atoms with Gasteiger partial charge in [-0.15, -0.1) is 0 Å². The fourth-order valence-corrected chi connectivity index (χ4v) is 2.47. The van der Waals surface area contributed by atoms with Gasteiger partial charge in [-0.25, -0.2) is 0 Å². The molecule has 0 aliphatic carbocycles. The van der Waals surface area contributed by atoms with Crippen LogP contribution in [0.2, 0.25) is 0 Å². The van der Waals surface area contributed by atoms with Gasteiger partial charge in [0, 0.05) is 6.42 Å². The number of aryl methyl sites for hydroxylation is 1. The summed E-state index contributed by atoms with van der Waals surface area (Å²) in [6, 6.07) is 18.2. The molecule has 0 unspecified atom stereocenters. The molecule has 22 heavy (non-hydrogen) atoms. The van der Waals surface area contributed by atoms with Crippen LogP contribution in [0.15, 0.2) is 54.6 Å². The van der Waals surface area contributed by atoms with Crippen molar-refractivity contribution < 1.29 is 9.13 Å². The van der Waals surface area contributed by atoms with Crippen molar-refractivity contribution in [2.24, 2.45) is 0 Å². The number of nitrogens with one attached hydrogen (secondary N) is 1. The first-order valence-corrected chi connectivity index (χ1v) is 7.85. The molecular weight excluding hydrogens is 276 g/mol. The normalized spacial score (nSPS) is 12.1. The summed E-state index contributed by atoms with van der Waals surface area (Å²) in [6.07, 6.45) is 2.13. The van der Waals surface area contributed by atoms with Crippen molar-refractivity contribution in [1.29, 1.82) is 0 Å². The van der Waals surface area contributed by atoms with E-state index in [-0.39, 0.29) is 12.8 Å². The largest absolute Gasteiger partial charge is 0.485 e. The van der Waals surface area contributed by atoms with E-state index >= 15 is 0 Å². The lowest BCUT2D eigenvalue weighted by Crippen LogP contribution is -2.16. The van der Waals surface area contributed by atoms with Gasteiger partial charge in [0.05, 0.1) is 6.67 Å². The number of hydrogen-bond donors (Lipinski definition) is 1. The Morgan fingerprint density at radius 3 is 2.50 bits per heavy atom. The lowest BCUT2D eigenvalue weighted by atomic mass is 10.1. The standard InChI is InChI=1S/C19H24FNO/c1-21-15-13-19(16-8-3-2-4-9-16)22-18-12-6-5-10-17(18)11-7-14-20/h2-6,8-10,12,19,21H,7,11,13-15H2,1H3/t19-/m1/s1/i20-1. The van der Waals surface area contributed by atoms with Crippen molar-refractivity contribution in [3.8, 4) is 5.75 Å². The molecule has 0 aliphatic heterocycles. The summed E-state index contributed by atoms with van der Waals surface area (Å²) in [7, 11) is 1.94. The van der Waals surface area contributed by atoms with Crippen LogP contribution in [0, 0.1) is 0 Å². The van der Waals surface area contributed by atoms with E-state index in [4.69, 9.17) is 4.74 Å². The second-order valence-corrected chi connectivity index (χ2v) is 5.31. The van der Waals surface area contributed by atoms with E-state index < -0.39 is 0 Å². The maximum absolute atomic E-state index is 12.5. The maximum atomic E-state index is 12.5. The van der Waals surface area contributed by atoms with Crippen molar-refractivity contribution in [2.45, 2.75) is 25.4 Å². The topological polar surface area (TPSA) is 21.3 Å². The van der Waals surface area contributed by atoms with Crippen molar-refractivity contribution in [2.75, 3.05) is 20.3 Å². The Bertz CT molecular complexity index is 544. The number of benzene rings is 2. The summed E-state index contributed by atoms with van der Waals surface area (Å²) in [5, 5.41) is 3.17. The third kappa shape index (κ3) is 4.85. The molecule has 118 valence electrons. The van der Waals surface area contributed by atoms with Gasteiger partial charge >= 0.3 is 0 Å². The molecule has 0 heterocycles. The molecule has 2 rings (SSSR count). The molecule has 0 aromatic heterocycles. The lowest BCUT2D eigenvalue weighted by Gasteiger charge is -2.21. The Kier molecular flexibility index (Phi) is 6.91. The van der Waals surface area contributed by atoms with E-state index in [0.29, 0.717) is 12.8 Å². The Hall–Kier alpha value is -1.87. The first-order valence-electron chi connectivity index (χ1n) is 7.85. The van der Waals surface area contributed by atoms with Crippen molar-refractivity contribution in [3.63, 3.8) is 0 Å². The van der Waals surface area contributed by atoms with Gasteiger partial charge in [-0.05, 0) is 43.6 Å². The smallest absolute Gasteiger partial charge is 0.125 e. The lowest BCUT2D eigenvalue weighted by molar-refractivity contribution is 0.193. The summed E-state index contributed by atoms with van der Waals surface area (Å²) in [4.78, 5) is 0. The first-order chi connectivity index (χ1) is 10.8. The molecule has 2 nitrogen and oxygen atoms in total. The highest BCUT2D eigenvalue weighted by Gasteiger charge is 2.14. The van der Waals surface area contributed by atoms with Gasteiger partial charge in [-0.2, -0.15) is 0 Å². The second-order valence-electron chi connectivity index (χ2n) is 5.31. The van der Waals surface area contributed by atoms with E-state index in [1.807, 2.05) is 49.5 Å². The Labute approximate surface area is 132 Å². The van der Waals surface area contributed by atoms with Gasteiger partial charge in [0.25, 0.3) is 0 Å². The molecule has 0 bridgehead atoms. The van der Waals surface area contributed by atoms with Crippen molar-refractivity contribution >= 4 is 0 Å². The number of ether oxygens (including phenoxy) is 1. The molecule has 0 saturated carbocycles.